The van der Waals surface area contributed by atoms with Crippen molar-refractivity contribution in [2.24, 2.45) is 0 Å². The van der Waals surface area contributed by atoms with Gasteiger partial charge in [-0.15, -0.1) is 11.3 Å². The van der Waals surface area contributed by atoms with Gasteiger partial charge in [0.2, 0.25) is 0 Å². The van der Waals surface area contributed by atoms with E-state index in [0.29, 0.717) is 0 Å². The normalized spacial score (nSPS) is 12.6. The van der Waals surface area contributed by atoms with Crippen LogP contribution in [0.1, 0.15) is 5.56 Å². The van der Waals surface area contributed by atoms with Crippen molar-refractivity contribution in [3.63, 3.8) is 0 Å². The molecule has 0 radical (unpaired) electrons. The molecule has 2 aromatic rings. The van der Waals surface area contributed by atoms with Gasteiger partial charge in [0.05, 0.1) is 5.75 Å². The highest BCUT2D eigenvalue weighted by molar-refractivity contribution is 7.78. The third kappa shape index (κ3) is 2.75. The Bertz CT molecular complexity index is 463. The molecule has 0 fully saturated rings. The minimum atomic E-state index is -1.77. The van der Waals surface area contributed by atoms with Crippen LogP contribution < -0.4 is 0 Å². The fourth-order valence-corrected chi connectivity index (χ4v) is 2.59. The molecule has 0 spiro atoms. The molecule has 78 valence electrons. The zero-order valence-corrected chi connectivity index (χ0v) is 9.55. The predicted octanol–water partition coefficient (Wildman–Crippen LogP) is 3.14. The van der Waals surface area contributed by atoms with Crippen LogP contribution in [0.2, 0.25) is 0 Å². The minimum absolute atomic E-state index is 0.194. The Morgan fingerprint density at radius 1 is 1.27 bits per heavy atom. The molecular formula is C11H10O2S2. The second-order valence-corrected chi connectivity index (χ2v) is 5.02. The van der Waals surface area contributed by atoms with E-state index < -0.39 is 11.1 Å². The zero-order chi connectivity index (χ0) is 10.7. The standard InChI is InChI=1S/C11H10O2S2/c12-15(13)8-9-3-1-4-10(7-9)11-5-2-6-14-11/h1-7H,8H2,(H,12,13). The molecule has 1 unspecified atom stereocenters. The van der Waals surface area contributed by atoms with Crippen LogP contribution in [0.3, 0.4) is 0 Å². The number of hydrogen-bond donors (Lipinski definition) is 1. The summed E-state index contributed by atoms with van der Waals surface area (Å²) in [5, 5.41) is 2.02. The molecule has 1 N–H and O–H groups in total. The molecule has 1 aromatic heterocycles. The van der Waals surface area contributed by atoms with Gasteiger partial charge in [0.1, 0.15) is 0 Å². The Labute approximate surface area is 94.9 Å². The van der Waals surface area contributed by atoms with Crippen molar-refractivity contribution in [3.8, 4) is 10.4 Å². The van der Waals surface area contributed by atoms with Crippen LogP contribution in [0.25, 0.3) is 10.4 Å². The number of thiophene rings is 1. The van der Waals surface area contributed by atoms with E-state index in [2.05, 4.69) is 0 Å². The molecule has 0 bridgehead atoms. The van der Waals surface area contributed by atoms with Crippen molar-refractivity contribution in [3.05, 3.63) is 47.3 Å². The molecule has 0 aliphatic heterocycles. The van der Waals surface area contributed by atoms with Gasteiger partial charge in [0.25, 0.3) is 0 Å². The van der Waals surface area contributed by atoms with Crippen LogP contribution in [0.4, 0.5) is 0 Å². The van der Waals surface area contributed by atoms with Gasteiger partial charge < -0.3 is 4.55 Å². The summed E-state index contributed by atoms with van der Waals surface area (Å²) in [4.78, 5) is 1.18. The molecule has 15 heavy (non-hydrogen) atoms. The molecule has 1 atom stereocenters. The molecule has 1 heterocycles. The van der Waals surface area contributed by atoms with E-state index in [1.807, 2.05) is 41.8 Å². The van der Waals surface area contributed by atoms with Gasteiger partial charge in [-0.05, 0) is 28.6 Å². The summed E-state index contributed by atoms with van der Waals surface area (Å²) in [6.07, 6.45) is 0. The number of benzene rings is 1. The van der Waals surface area contributed by atoms with Crippen molar-refractivity contribution in [1.82, 2.24) is 0 Å². The summed E-state index contributed by atoms with van der Waals surface area (Å²) in [6.45, 7) is 0. The summed E-state index contributed by atoms with van der Waals surface area (Å²) >= 11 is -0.103. The van der Waals surface area contributed by atoms with Gasteiger partial charge in [0.15, 0.2) is 11.1 Å². The summed E-state index contributed by atoms with van der Waals surface area (Å²) in [5.41, 5.74) is 2.00. The molecule has 4 heteroatoms. The Hall–Kier alpha value is -0.970. The Morgan fingerprint density at radius 3 is 2.80 bits per heavy atom. The SMILES string of the molecule is O=S(O)Cc1cccc(-c2cccs2)c1. The molecule has 0 saturated carbocycles. The minimum Gasteiger partial charge on any atom is -0.306 e. The largest absolute Gasteiger partial charge is 0.306 e. The van der Waals surface area contributed by atoms with Crippen molar-refractivity contribution in [1.29, 1.82) is 0 Å². The molecule has 2 nitrogen and oxygen atoms in total. The predicted molar refractivity (Wildman–Crippen MR) is 64.2 cm³/mol. The summed E-state index contributed by atoms with van der Waals surface area (Å²) in [7, 11) is 0. The smallest absolute Gasteiger partial charge is 0.157 e. The van der Waals surface area contributed by atoms with E-state index in [4.69, 9.17) is 4.55 Å². The lowest BCUT2D eigenvalue weighted by Gasteiger charge is -2.01. The van der Waals surface area contributed by atoms with E-state index in [-0.39, 0.29) is 5.75 Å². The maximum Gasteiger partial charge on any atom is 0.157 e. The van der Waals surface area contributed by atoms with Crippen LogP contribution in [0, 0.1) is 0 Å². The molecular weight excluding hydrogens is 228 g/mol. The van der Waals surface area contributed by atoms with Crippen LogP contribution in [-0.2, 0) is 16.8 Å². The molecule has 1 aromatic carbocycles. The first-order valence-corrected chi connectivity index (χ1v) is 6.61. The molecule has 2 rings (SSSR count). The third-order valence-electron chi connectivity index (χ3n) is 2.02. The first kappa shape index (κ1) is 10.5. The fraction of sp³-hybridized carbons (Fsp3) is 0.0909. The van der Waals surface area contributed by atoms with Crippen LogP contribution in [0.15, 0.2) is 41.8 Å². The van der Waals surface area contributed by atoms with E-state index in [1.165, 1.54) is 4.88 Å². The first-order chi connectivity index (χ1) is 7.25. The lowest BCUT2D eigenvalue weighted by Crippen LogP contribution is -1.92. The van der Waals surface area contributed by atoms with E-state index in [1.54, 1.807) is 11.3 Å². The average Bonchev–Trinajstić information content (AvgIpc) is 2.69. The number of rotatable bonds is 3. The number of hydrogen-bond acceptors (Lipinski definition) is 2. The monoisotopic (exact) mass is 238 g/mol. The molecule has 0 aliphatic carbocycles. The maximum absolute atomic E-state index is 10.7. The van der Waals surface area contributed by atoms with Crippen molar-refractivity contribution in [2.45, 2.75) is 5.75 Å². The highest BCUT2D eigenvalue weighted by atomic mass is 32.2. The van der Waals surface area contributed by atoms with Gasteiger partial charge >= 0.3 is 0 Å². The quantitative estimate of drug-likeness (QED) is 0.834. The zero-order valence-electron chi connectivity index (χ0n) is 7.92. The average molecular weight is 238 g/mol. The van der Waals surface area contributed by atoms with Crippen LogP contribution >= 0.6 is 11.3 Å². The van der Waals surface area contributed by atoms with Crippen molar-refractivity contribution in [2.75, 3.05) is 0 Å². The van der Waals surface area contributed by atoms with Gasteiger partial charge in [0, 0.05) is 4.88 Å². The summed E-state index contributed by atoms with van der Waals surface area (Å²) < 4.78 is 19.5. The Kier molecular flexibility index (Phi) is 3.30. The molecule has 0 amide bonds. The Morgan fingerprint density at radius 2 is 2.13 bits per heavy atom. The van der Waals surface area contributed by atoms with Gasteiger partial charge in [-0.1, -0.05) is 24.3 Å². The van der Waals surface area contributed by atoms with E-state index in [0.717, 1.165) is 11.1 Å². The van der Waals surface area contributed by atoms with Crippen molar-refractivity contribution >= 4 is 22.4 Å². The molecule has 0 saturated heterocycles. The topological polar surface area (TPSA) is 37.3 Å². The summed E-state index contributed by atoms with van der Waals surface area (Å²) in [5.74, 6) is 0.194. The second-order valence-electron chi connectivity index (χ2n) is 3.14. The van der Waals surface area contributed by atoms with Crippen LogP contribution in [-0.4, -0.2) is 8.76 Å². The maximum atomic E-state index is 10.7. The van der Waals surface area contributed by atoms with Crippen LogP contribution in [0.5, 0.6) is 0 Å². The van der Waals surface area contributed by atoms with Gasteiger partial charge in [-0.2, -0.15) is 0 Å². The third-order valence-corrected chi connectivity index (χ3v) is 3.52. The van der Waals surface area contributed by atoms with E-state index in [9.17, 15) is 4.21 Å². The van der Waals surface area contributed by atoms with Crippen molar-refractivity contribution < 1.29 is 8.76 Å². The second kappa shape index (κ2) is 4.70. The summed E-state index contributed by atoms with van der Waals surface area (Å²) in [6, 6.07) is 11.8. The highest BCUT2D eigenvalue weighted by Crippen LogP contribution is 2.25. The van der Waals surface area contributed by atoms with E-state index >= 15 is 0 Å². The lowest BCUT2D eigenvalue weighted by atomic mass is 10.1. The van der Waals surface area contributed by atoms with Gasteiger partial charge in [-0.25, -0.2) is 4.21 Å². The lowest BCUT2D eigenvalue weighted by molar-refractivity contribution is 0.563. The highest BCUT2D eigenvalue weighted by Gasteiger charge is 2.02. The molecule has 0 aliphatic rings. The first-order valence-electron chi connectivity index (χ1n) is 4.46. The fourth-order valence-electron chi connectivity index (χ4n) is 1.40. The Balaban J connectivity index is 2.31. The van der Waals surface area contributed by atoms with Gasteiger partial charge in [-0.3, -0.25) is 0 Å².